The topological polar surface area (TPSA) is 31.0 Å². The van der Waals surface area contributed by atoms with Gasteiger partial charge in [0.2, 0.25) is 0 Å². The SMILES string of the molecule is CC[SiH2]COC(CC1CCC2OC2C1)OC. The van der Waals surface area contributed by atoms with Gasteiger partial charge < -0.3 is 14.2 Å². The number of hydrogen-bond donors (Lipinski definition) is 0. The van der Waals surface area contributed by atoms with E-state index in [1.54, 1.807) is 7.11 Å². The van der Waals surface area contributed by atoms with Gasteiger partial charge in [-0.05, 0) is 25.2 Å². The second kappa shape index (κ2) is 6.14. The molecule has 4 atom stereocenters. The van der Waals surface area contributed by atoms with Crippen molar-refractivity contribution in [2.24, 2.45) is 5.92 Å². The molecule has 1 aliphatic carbocycles. The van der Waals surface area contributed by atoms with Crippen molar-refractivity contribution in [1.82, 2.24) is 0 Å². The quantitative estimate of drug-likeness (QED) is 0.294. The molecule has 2 aliphatic rings. The third-order valence-corrected chi connectivity index (χ3v) is 4.93. The summed E-state index contributed by atoms with van der Waals surface area (Å²) in [6.07, 6.45) is 6.97. The zero-order valence-electron chi connectivity index (χ0n) is 10.5. The molecule has 0 bridgehead atoms. The molecule has 0 aromatic rings. The minimum absolute atomic E-state index is 0.00277. The lowest BCUT2D eigenvalue weighted by Crippen LogP contribution is -2.24. The van der Waals surface area contributed by atoms with E-state index in [2.05, 4.69) is 6.92 Å². The fourth-order valence-electron chi connectivity index (χ4n) is 2.56. The van der Waals surface area contributed by atoms with Crippen LogP contribution in [0.15, 0.2) is 0 Å². The van der Waals surface area contributed by atoms with Gasteiger partial charge in [0.1, 0.15) is 0 Å². The average Bonchev–Trinajstić information content (AvgIpc) is 3.06. The predicted molar refractivity (Wildman–Crippen MR) is 66.4 cm³/mol. The van der Waals surface area contributed by atoms with Crippen molar-refractivity contribution < 1.29 is 14.2 Å². The number of epoxide rings is 1. The van der Waals surface area contributed by atoms with E-state index in [4.69, 9.17) is 14.2 Å². The smallest absolute Gasteiger partial charge is 0.157 e. The summed E-state index contributed by atoms with van der Waals surface area (Å²) >= 11 is 0. The van der Waals surface area contributed by atoms with Crippen LogP contribution in [-0.4, -0.2) is 41.4 Å². The summed E-state index contributed by atoms with van der Waals surface area (Å²) < 4.78 is 16.7. The highest BCUT2D eigenvalue weighted by Gasteiger charge is 2.44. The number of ether oxygens (including phenoxy) is 3. The van der Waals surface area contributed by atoms with Gasteiger partial charge in [0.05, 0.1) is 21.7 Å². The zero-order chi connectivity index (χ0) is 11.4. The second-order valence-corrected chi connectivity index (χ2v) is 7.13. The molecular formula is C12H24O3Si. The Labute approximate surface area is 101 Å². The monoisotopic (exact) mass is 244 g/mol. The third kappa shape index (κ3) is 3.55. The molecule has 0 aromatic carbocycles. The highest BCUT2D eigenvalue weighted by molar-refractivity contribution is 6.34. The van der Waals surface area contributed by atoms with E-state index in [1.165, 1.54) is 25.3 Å². The van der Waals surface area contributed by atoms with E-state index < -0.39 is 0 Å². The van der Waals surface area contributed by atoms with Crippen LogP contribution in [0.4, 0.5) is 0 Å². The highest BCUT2D eigenvalue weighted by atomic mass is 28.2. The van der Waals surface area contributed by atoms with Crippen molar-refractivity contribution in [3.63, 3.8) is 0 Å². The zero-order valence-corrected chi connectivity index (χ0v) is 11.9. The van der Waals surface area contributed by atoms with Crippen molar-refractivity contribution >= 4 is 9.52 Å². The molecule has 0 amide bonds. The van der Waals surface area contributed by atoms with Crippen molar-refractivity contribution in [1.29, 1.82) is 0 Å². The van der Waals surface area contributed by atoms with Crippen LogP contribution in [0.2, 0.25) is 6.04 Å². The van der Waals surface area contributed by atoms with Crippen LogP contribution in [0.3, 0.4) is 0 Å². The van der Waals surface area contributed by atoms with Crippen LogP contribution in [-0.2, 0) is 14.2 Å². The van der Waals surface area contributed by atoms with Crippen molar-refractivity contribution in [3.05, 3.63) is 0 Å². The van der Waals surface area contributed by atoms with Gasteiger partial charge in [-0.2, -0.15) is 0 Å². The molecule has 16 heavy (non-hydrogen) atoms. The summed E-state index contributed by atoms with van der Waals surface area (Å²) in [5.74, 6) is 0.747. The second-order valence-electron chi connectivity index (χ2n) is 5.02. The molecule has 1 aliphatic heterocycles. The molecule has 0 N–H and O–H groups in total. The molecule has 4 unspecified atom stereocenters. The van der Waals surface area contributed by atoms with Crippen molar-refractivity contribution in [2.45, 2.75) is 57.1 Å². The molecule has 0 aromatic heterocycles. The third-order valence-electron chi connectivity index (χ3n) is 3.70. The number of methoxy groups -OCH3 is 1. The van der Waals surface area contributed by atoms with E-state index in [-0.39, 0.29) is 15.8 Å². The lowest BCUT2D eigenvalue weighted by atomic mass is 9.87. The molecule has 3 nitrogen and oxygen atoms in total. The lowest BCUT2D eigenvalue weighted by molar-refractivity contribution is -0.122. The Morgan fingerprint density at radius 2 is 2.25 bits per heavy atom. The minimum atomic E-state index is 0.00277. The molecule has 1 saturated carbocycles. The predicted octanol–water partition coefficient (Wildman–Crippen LogP) is 1.50. The van der Waals surface area contributed by atoms with Crippen LogP contribution >= 0.6 is 0 Å². The standard InChI is InChI=1S/C12H24O3Si/c1-3-16-8-14-12(13-2)7-9-4-5-10-11(6-9)15-10/h9-12H,3-8,16H2,1-2H3. The normalized spacial score (nSPS) is 35.2. The van der Waals surface area contributed by atoms with Gasteiger partial charge in [-0.3, -0.25) is 0 Å². The van der Waals surface area contributed by atoms with Crippen LogP contribution in [0, 0.1) is 5.92 Å². The summed E-state index contributed by atoms with van der Waals surface area (Å²) in [6.45, 7) is 2.24. The maximum absolute atomic E-state index is 5.78. The Morgan fingerprint density at radius 3 is 2.94 bits per heavy atom. The fourth-order valence-corrected chi connectivity index (χ4v) is 3.28. The Kier molecular flexibility index (Phi) is 4.82. The molecular weight excluding hydrogens is 220 g/mol. The van der Waals surface area contributed by atoms with E-state index in [1.807, 2.05) is 0 Å². The number of fused-ring (bicyclic) bond motifs is 1. The first-order chi connectivity index (χ1) is 7.83. The van der Waals surface area contributed by atoms with Crippen LogP contribution in [0.25, 0.3) is 0 Å². The average molecular weight is 244 g/mol. The molecule has 2 fully saturated rings. The van der Waals surface area contributed by atoms with Crippen LogP contribution < -0.4 is 0 Å². The summed E-state index contributed by atoms with van der Waals surface area (Å²) in [5, 5.41) is 0. The molecule has 2 rings (SSSR count). The fraction of sp³-hybridized carbons (Fsp3) is 1.00. The van der Waals surface area contributed by atoms with E-state index in [9.17, 15) is 0 Å². The van der Waals surface area contributed by atoms with Gasteiger partial charge in [-0.15, -0.1) is 0 Å². The van der Waals surface area contributed by atoms with E-state index in [0.717, 1.165) is 18.6 Å². The Balaban J connectivity index is 1.64. The molecule has 4 heteroatoms. The van der Waals surface area contributed by atoms with Gasteiger partial charge >= 0.3 is 0 Å². The van der Waals surface area contributed by atoms with E-state index >= 15 is 0 Å². The summed E-state index contributed by atoms with van der Waals surface area (Å²) in [5.41, 5.74) is 0. The van der Waals surface area contributed by atoms with Crippen LogP contribution in [0.1, 0.15) is 32.6 Å². The largest absolute Gasteiger partial charge is 0.370 e. The Bertz CT molecular complexity index is 212. The highest BCUT2D eigenvalue weighted by Crippen LogP contribution is 2.41. The first-order valence-corrected chi connectivity index (χ1v) is 8.63. The first-order valence-electron chi connectivity index (χ1n) is 6.63. The maximum atomic E-state index is 5.78. The van der Waals surface area contributed by atoms with E-state index in [0.29, 0.717) is 12.2 Å². The summed E-state index contributed by atoms with van der Waals surface area (Å²) in [6, 6.07) is 1.32. The van der Waals surface area contributed by atoms with Crippen LogP contribution in [0.5, 0.6) is 0 Å². The molecule has 0 spiro atoms. The molecule has 1 heterocycles. The molecule has 0 radical (unpaired) electrons. The number of hydrogen-bond acceptors (Lipinski definition) is 3. The van der Waals surface area contributed by atoms with Crippen molar-refractivity contribution in [2.75, 3.05) is 13.3 Å². The molecule has 1 saturated heterocycles. The lowest BCUT2D eigenvalue weighted by Gasteiger charge is -2.24. The number of rotatable bonds is 7. The molecule has 94 valence electrons. The van der Waals surface area contributed by atoms with Gasteiger partial charge in [-0.25, -0.2) is 0 Å². The van der Waals surface area contributed by atoms with Gasteiger partial charge in [0.15, 0.2) is 6.29 Å². The Morgan fingerprint density at radius 1 is 1.38 bits per heavy atom. The maximum Gasteiger partial charge on any atom is 0.157 e. The van der Waals surface area contributed by atoms with Gasteiger partial charge in [-0.1, -0.05) is 13.0 Å². The van der Waals surface area contributed by atoms with Gasteiger partial charge in [0.25, 0.3) is 0 Å². The van der Waals surface area contributed by atoms with Crippen molar-refractivity contribution in [3.8, 4) is 0 Å². The Hall–Kier alpha value is 0.0969. The first kappa shape index (κ1) is 12.6. The summed E-state index contributed by atoms with van der Waals surface area (Å²) in [4.78, 5) is 0. The minimum Gasteiger partial charge on any atom is -0.370 e. The van der Waals surface area contributed by atoms with Gasteiger partial charge in [0, 0.05) is 19.8 Å². The summed E-state index contributed by atoms with van der Waals surface area (Å²) in [7, 11) is 1.76.